The highest BCUT2D eigenvalue weighted by Crippen LogP contribution is 2.20. The number of aliphatic hydroxyl groups excluding tert-OH is 1. The summed E-state index contributed by atoms with van der Waals surface area (Å²) in [5.74, 6) is 0. The van der Waals surface area contributed by atoms with Crippen molar-refractivity contribution in [2.24, 2.45) is 7.05 Å². The van der Waals surface area contributed by atoms with Crippen molar-refractivity contribution in [2.75, 3.05) is 13.7 Å². The molecule has 0 amide bonds. The summed E-state index contributed by atoms with van der Waals surface area (Å²) in [7, 11) is 3.53. The zero-order chi connectivity index (χ0) is 10.6. The fourth-order valence-electron chi connectivity index (χ4n) is 1.52. The van der Waals surface area contributed by atoms with Crippen LogP contribution in [0.25, 0.3) is 0 Å². The van der Waals surface area contributed by atoms with Crippen molar-refractivity contribution in [2.45, 2.75) is 25.9 Å². The maximum atomic E-state index is 9.83. The van der Waals surface area contributed by atoms with Crippen molar-refractivity contribution in [1.29, 1.82) is 0 Å². The Bertz CT molecular complexity index is 284. The van der Waals surface area contributed by atoms with E-state index in [1.54, 1.807) is 11.8 Å². The number of hydrogen-bond donors (Lipinski definition) is 1. The van der Waals surface area contributed by atoms with Crippen LogP contribution in [0.4, 0.5) is 0 Å². The molecule has 80 valence electrons. The van der Waals surface area contributed by atoms with Crippen LogP contribution >= 0.6 is 0 Å². The summed E-state index contributed by atoms with van der Waals surface area (Å²) in [4.78, 5) is 0. The molecule has 1 unspecified atom stereocenters. The van der Waals surface area contributed by atoms with Crippen molar-refractivity contribution < 1.29 is 9.84 Å². The van der Waals surface area contributed by atoms with Crippen molar-refractivity contribution in [1.82, 2.24) is 9.78 Å². The number of methoxy groups -OCH3 is 1. The van der Waals surface area contributed by atoms with Crippen molar-refractivity contribution >= 4 is 0 Å². The lowest BCUT2D eigenvalue weighted by Gasteiger charge is -2.08. The first-order valence-electron chi connectivity index (χ1n) is 4.82. The number of nitrogens with zero attached hydrogens (tertiary/aromatic N) is 2. The summed E-state index contributed by atoms with van der Waals surface area (Å²) in [6, 6.07) is 0. The van der Waals surface area contributed by atoms with E-state index in [0.717, 1.165) is 24.1 Å². The molecule has 1 aromatic rings. The normalized spacial score (nSPS) is 13.1. The molecule has 1 N–H and O–H groups in total. The Morgan fingerprint density at radius 1 is 1.64 bits per heavy atom. The maximum absolute atomic E-state index is 9.83. The van der Waals surface area contributed by atoms with Gasteiger partial charge in [-0.3, -0.25) is 4.68 Å². The first-order valence-corrected chi connectivity index (χ1v) is 4.82. The highest BCUT2D eigenvalue weighted by atomic mass is 16.5. The van der Waals surface area contributed by atoms with Crippen LogP contribution in [0.15, 0.2) is 6.20 Å². The van der Waals surface area contributed by atoms with Crippen LogP contribution in [-0.2, 0) is 11.8 Å². The molecule has 4 heteroatoms. The van der Waals surface area contributed by atoms with E-state index in [2.05, 4.69) is 5.10 Å². The minimum absolute atomic E-state index is 0.418. The second-order valence-electron chi connectivity index (χ2n) is 3.49. The van der Waals surface area contributed by atoms with Gasteiger partial charge in [-0.25, -0.2) is 0 Å². The van der Waals surface area contributed by atoms with Crippen LogP contribution in [0, 0.1) is 6.92 Å². The second-order valence-corrected chi connectivity index (χ2v) is 3.49. The Morgan fingerprint density at radius 2 is 2.36 bits per heavy atom. The van der Waals surface area contributed by atoms with Crippen LogP contribution in [-0.4, -0.2) is 28.6 Å². The molecular formula is C10H18N2O2. The third kappa shape index (κ3) is 2.82. The Morgan fingerprint density at radius 3 is 2.86 bits per heavy atom. The van der Waals surface area contributed by atoms with Crippen LogP contribution in [0.1, 0.15) is 30.2 Å². The smallest absolute Gasteiger partial charge is 0.0824 e. The van der Waals surface area contributed by atoms with Gasteiger partial charge in [-0.2, -0.15) is 5.10 Å². The molecular weight excluding hydrogens is 180 g/mol. The minimum atomic E-state index is -0.418. The standard InChI is InChI=1S/C10H18N2O2/c1-8-9(7-12(2)11-8)10(13)5-4-6-14-3/h7,10,13H,4-6H2,1-3H3. The van der Waals surface area contributed by atoms with E-state index in [1.807, 2.05) is 20.2 Å². The molecule has 1 heterocycles. The predicted molar refractivity (Wildman–Crippen MR) is 54.0 cm³/mol. The highest BCUT2D eigenvalue weighted by Gasteiger charge is 2.12. The van der Waals surface area contributed by atoms with E-state index in [9.17, 15) is 5.11 Å². The average molecular weight is 198 g/mol. The van der Waals surface area contributed by atoms with Gasteiger partial charge in [0, 0.05) is 32.5 Å². The molecule has 1 aromatic heterocycles. The fourth-order valence-corrected chi connectivity index (χ4v) is 1.52. The molecule has 14 heavy (non-hydrogen) atoms. The van der Waals surface area contributed by atoms with E-state index in [1.165, 1.54) is 0 Å². The Balaban J connectivity index is 2.51. The summed E-state index contributed by atoms with van der Waals surface area (Å²) in [5, 5.41) is 14.0. The number of aryl methyl sites for hydroxylation is 2. The Hall–Kier alpha value is -0.870. The number of aromatic nitrogens is 2. The zero-order valence-electron chi connectivity index (χ0n) is 9.03. The van der Waals surface area contributed by atoms with E-state index in [4.69, 9.17) is 4.74 Å². The highest BCUT2D eigenvalue weighted by molar-refractivity contribution is 5.18. The zero-order valence-corrected chi connectivity index (χ0v) is 9.03. The van der Waals surface area contributed by atoms with Gasteiger partial charge in [0.05, 0.1) is 11.8 Å². The van der Waals surface area contributed by atoms with Gasteiger partial charge in [0.2, 0.25) is 0 Å². The van der Waals surface area contributed by atoms with Gasteiger partial charge in [0.15, 0.2) is 0 Å². The molecule has 0 bridgehead atoms. The molecule has 0 spiro atoms. The quantitative estimate of drug-likeness (QED) is 0.723. The van der Waals surface area contributed by atoms with Gasteiger partial charge in [-0.05, 0) is 19.8 Å². The average Bonchev–Trinajstić information content (AvgIpc) is 2.45. The molecule has 1 rings (SSSR count). The van der Waals surface area contributed by atoms with Crippen LogP contribution < -0.4 is 0 Å². The monoisotopic (exact) mass is 198 g/mol. The lowest BCUT2D eigenvalue weighted by Crippen LogP contribution is -2.00. The Labute approximate surface area is 84.5 Å². The molecule has 0 aliphatic heterocycles. The van der Waals surface area contributed by atoms with Gasteiger partial charge in [0.25, 0.3) is 0 Å². The number of rotatable bonds is 5. The lowest BCUT2D eigenvalue weighted by atomic mass is 10.1. The Kier molecular flexibility index (Phi) is 4.10. The maximum Gasteiger partial charge on any atom is 0.0824 e. The third-order valence-electron chi connectivity index (χ3n) is 2.24. The number of hydrogen-bond acceptors (Lipinski definition) is 3. The second kappa shape index (κ2) is 5.12. The SMILES string of the molecule is COCCCC(O)c1cn(C)nc1C. The van der Waals surface area contributed by atoms with Crippen molar-refractivity contribution in [3.8, 4) is 0 Å². The van der Waals surface area contributed by atoms with E-state index in [-0.39, 0.29) is 0 Å². The summed E-state index contributed by atoms with van der Waals surface area (Å²) >= 11 is 0. The van der Waals surface area contributed by atoms with Crippen LogP contribution in [0.5, 0.6) is 0 Å². The predicted octanol–water partition coefficient (Wildman–Crippen LogP) is 1.19. The minimum Gasteiger partial charge on any atom is -0.388 e. The van der Waals surface area contributed by atoms with Crippen LogP contribution in [0.2, 0.25) is 0 Å². The van der Waals surface area contributed by atoms with E-state index in [0.29, 0.717) is 6.61 Å². The lowest BCUT2D eigenvalue weighted by molar-refractivity contribution is 0.136. The van der Waals surface area contributed by atoms with Crippen LogP contribution in [0.3, 0.4) is 0 Å². The van der Waals surface area contributed by atoms with E-state index >= 15 is 0 Å². The summed E-state index contributed by atoms with van der Waals surface area (Å²) < 4.78 is 6.66. The fraction of sp³-hybridized carbons (Fsp3) is 0.700. The van der Waals surface area contributed by atoms with Crippen molar-refractivity contribution in [3.05, 3.63) is 17.5 Å². The molecule has 1 atom stereocenters. The molecule has 4 nitrogen and oxygen atoms in total. The first kappa shape index (κ1) is 11.2. The number of ether oxygens (including phenoxy) is 1. The van der Waals surface area contributed by atoms with Gasteiger partial charge in [-0.1, -0.05) is 0 Å². The molecule has 0 aromatic carbocycles. The molecule has 0 aliphatic rings. The summed E-state index contributed by atoms with van der Waals surface area (Å²) in [5.41, 5.74) is 1.82. The molecule has 0 radical (unpaired) electrons. The molecule has 0 fully saturated rings. The molecule has 0 saturated carbocycles. The first-order chi connectivity index (χ1) is 6.65. The largest absolute Gasteiger partial charge is 0.388 e. The molecule has 0 aliphatic carbocycles. The van der Waals surface area contributed by atoms with Gasteiger partial charge in [-0.15, -0.1) is 0 Å². The van der Waals surface area contributed by atoms with Gasteiger partial charge in [0.1, 0.15) is 0 Å². The van der Waals surface area contributed by atoms with Crippen molar-refractivity contribution in [3.63, 3.8) is 0 Å². The number of aliphatic hydroxyl groups is 1. The molecule has 0 saturated heterocycles. The summed E-state index contributed by atoms with van der Waals surface area (Å²) in [6.45, 7) is 2.60. The van der Waals surface area contributed by atoms with Gasteiger partial charge < -0.3 is 9.84 Å². The van der Waals surface area contributed by atoms with E-state index < -0.39 is 6.10 Å². The summed E-state index contributed by atoms with van der Waals surface area (Å²) in [6.07, 6.45) is 3.04. The van der Waals surface area contributed by atoms with Gasteiger partial charge >= 0.3 is 0 Å². The topological polar surface area (TPSA) is 47.3 Å². The third-order valence-corrected chi connectivity index (χ3v) is 2.24.